The molecule has 0 aliphatic carbocycles. The molecule has 1 heterocycles. The molecule has 0 unspecified atom stereocenters. The van der Waals surface area contributed by atoms with E-state index in [-0.39, 0.29) is 0 Å². The minimum absolute atomic E-state index is 0.543. The highest BCUT2D eigenvalue weighted by molar-refractivity contribution is 7.98. The Kier molecular flexibility index (Phi) is 3.94. The first-order chi connectivity index (χ1) is 9.74. The Balaban J connectivity index is 1.78. The van der Waals surface area contributed by atoms with Gasteiger partial charge in [0.05, 0.1) is 5.02 Å². The van der Waals surface area contributed by atoms with Crippen molar-refractivity contribution in [3.8, 4) is 11.5 Å². The number of nitrogens with two attached hydrogens (primary N) is 1. The fourth-order valence-electron chi connectivity index (χ4n) is 2.02. The van der Waals surface area contributed by atoms with Gasteiger partial charge in [-0.15, -0.1) is 11.8 Å². The predicted molar refractivity (Wildman–Crippen MR) is 82.9 cm³/mol. The van der Waals surface area contributed by atoms with Gasteiger partial charge in [-0.25, -0.2) is 0 Å². The number of nitrogen functional groups attached to an aromatic ring is 1. The number of rotatable bonds is 3. The Morgan fingerprint density at radius 3 is 2.80 bits per heavy atom. The summed E-state index contributed by atoms with van der Waals surface area (Å²) >= 11 is 7.90. The summed E-state index contributed by atoms with van der Waals surface area (Å²) in [5.74, 6) is 2.15. The second-order valence-corrected chi connectivity index (χ2v) is 5.85. The molecule has 1 aliphatic rings. The van der Waals surface area contributed by atoms with Crippen LogP contribution in [0.1, 0.15) is 5.56 Å². The minimum atomic E-state index is 0.543. The fourth-order valence-corrected chi connectivity index (χ4v) is 3.21. The lowest BCUT2D eigenvalue weighted by molar-refractivity contribution is 0.171. The number of thioether (sulfide) groups is 1. The molecule has 0 saturated carbocycles. The lowest BCUT2D eigenvalue weighted by atomic mass is 10.2. The van der Waals surface area contributed by atoms with Gasteiger partial charge in [-0.2, -0.15) is 0 Å². The third-order valence-electron chi connectivity index (χ3n) is 2.97. The van der Waals surface area contributed by atoms with Crippen LogP contribution in [0.15, 0.2) is 41.3 Å². The van der Waals surface area contributed by atoms with Gasteiger partial charge in [-0.1, -0.05) is 23.7 Å². The van der Waals surface area contributed by atoms with Crippen molar-refractivity contribution < 1.29 is 9.47 Å². The molecule has 2 aromatic rings. The molecule has 0 atom stereocenters. The molecule has 0 fully saturated rings. The summed E-state index contributed by atoms with van der Waals surface area (Å²) in [6, 6.07) is 11.7. The quantitative estimate of drug-likeness (QED) is 0.688. The number of para-hydroxylation sites is 1. The minimum Gasteiger partial charge on any atom is -0.486 e. The van der Waals surface area contributed by atoms with Crippen molar-refractivity contribution >= 4 is 29.1 Å². The predicted octanol–water partition coefficient (Wildman–Crippen LogP) is 3.99. The summed E-state index contributed by atoms with van der Waals surface area (Å²) < 4.78 is 11.1. The van der Waals surface area contributed by atoms with Crippen LogP contribution in [0.3, 0.4) is 0 Å². The van der Waals surface area contributed by atoms with Gasteiger partial charge >= 0.3 is 0 Å². The molecule has 0 amide bonds. The zero-order valence-electron chi connectivity index (χ0n) is 10.8. The molecule has 0 spiro atoms. The molecular weight excluding hydrogens is 294 g/mol. The first-order valence-corrected chi connectivity index (χ1v) is 7.66. The van der Waals surface area contributed by atoms with Crippen LogP contribution < -0.4 is 15.2 Å². The highest BCUT2D eigenvalue weighted by Crippen LogP contribution is 2.39. The zero-order chi connectivity index (χ0) is 13.9. The van der Waals surface area contributed by atoms with E-state index in [1.165, 1.54) is 0 Å². The van der Waals surface area contributed by atoms with Crippen molar-refractivity contribution in [2.75, 3.05) is 18.9 Å². The molecule has 0 aromatic heterocycles. The number of hydrogen-bond donors (Lipinski definition) is 1. The first-order valence-electron chi connectivity index (χ1n) is 6.29. The molecule has 0 radical (unpaired) electrons. The third kappa shape index (κ3) is 2.81. The summed E-state index contributed by atoms with van der Waals surface area (Å²) in [6.07, 6.45) is 0. The lowest BCUT2D eigenvalue weighted by Gasteiger charge is -2.20. The normalized spacial score (nSPS) is 13.2. The first kappa shape index (κ1) is 13.5. The smallest absolute Gasteiger partial charge is 0.179 e. The van der Waals surface area contributed by atoms with E-state index >= 15 is 0 Å². The Labute approximate surface area is 127 Å². The van der Waals surface area contributed by atoms with Crippen LogP contribution in [0.5, 0.6) is 11.5 Å². The molecule has 2 N–H and O–H groups in total. The van der Waals surface area contributed by atoms with E-state index in [2.05, 4.69) is 0 Å². The van der Waals surface area contributed by atoms with Crippen molar-refractivity contribution in [1.82, 2.24) is 0 Å². The lowest BCUT2D eigenvalue weighted by Crippen LogP contribution is -2.15. The van der Waals surface area contributed by atoms with Crippen LogP contribution in [-0.2, 0) is 5.75 Å². The van der Waals surface area contributed by atoms with E-state index in [1.54, 1.807) is 11.8 Å². The highest BCUT2D eigenvalue weighted by Gasteiger charge is 2.16. The van der Waals surface area contributed by atoms with Crippen LogP contribution in [0.25, 0.3) is 0 Å². The van der Waals surface area contributed by atoms with Gasteiger partial charge < -0.3 is 15.2 Å². The summed E-state index contributed by atoms with van der Waals surface area (Å²) in [5, 5.41) is 0.596. The molecule has 0 saturated heterocycles. The molecule has 20 heavy (non-hydrogen) atoms. The number of anilines is 1. The van der Waals surface area contributed by atoms with E-state index < -0.39 is 0 Å². The monoisotopic (exact) mass is 307 g/mol. The standard InChI is InChI=1S/C15H14ClNO2S/c16-11-7-10(8-13-15(11)19-6-5-18-13)9-20-14-4-2-1-3-12(14)17/h1-4,7-8H,5-6,9,17H2. The van der Waals surface area contributed by atoms with E-state index in [9.17, 15) is 0 Å². The number of ether oxygens (including phenoxy) is 2. The SMILES string of the molecule is Nc1ccccc1SCc1cc(Cl)c2c(c1)OCCO2. The van der Waals surface area contributed by atoms with E-state index in [1.807, 2.05) is 36.4 Å². The van der Waals surface area contributed by atoms with Crippen molar-refractivity contribution in [2.45, 2.75) is 10.6 Å². The second kappa shape index (κ2) is 5.85. The van der Waals surface area contributed by atoms with Gasteiger partial charge in [0.2, 0.25) is 0 Å². The molecule has 104 valence electrons. The molecule has 1 aliphatic heterocycles. The van der Waals surface area contributed by atoms with Gasteiger partial charge in [0.25, 0.3) is 0 Å². The summed E-state index contributed by atoms with van der Waals surface area (Å²) in [6.45, 7) is 1.10. The van der Waals surface area contributed by atoms with Crippen molar-refractivity contribution in [2.24, 2.45) is 0 Å². The Hall–Kier alpha value is -1.52. The Bertz CT molecular complexity index is 633. The molecular formula is C15H14ClNO2S. The van der Waals surface area contributed by atoms with Gasteiger partial charge in [0.15, 0.2) is 11.5 Å². The summed E-state index contributed by atoms with van der Waals surface area (Å²) in [4.78, 5) is 1.07. The Morgan fingerprint density at radius 1 is 1.15 bits per heavy atom. The maximum atomic E-state index is 6.22. The second-order valence-electron chi connectivity index (χ2n) is 4.43. The van der Waals surface area contributed by atoms with E-state index in [0.29, 0.717) is 24.0 Å². The van der Waals surface area contributed by atoms with Gasteiger partial charge in [-0.3, -0.25) is 0 Å². The van der Waals surface area contributed by atoms with Crippen LogP contribution in [0.2, 0.25) is 5.02 Å². The number of fused-ring (bicyclic) bond motifs is 1. The van der Waals surface area contributed by atoms with Crippen LogP contribution >= 0.6 is 23.4 Å². The molecule has 5 heteroatoms. The van der Waals surface area contributed by atoms with Crippen molar-refractivity contribution in [1.29, 1.82) is 0 Å². The molecule has 2 aromatic carbocycles. The van der Waals surface area contributed by atoms with Crippen molar-refractivity contribution in [3.05, 3.63) is 47.0 Å². The summed E-state index contributed by atoms with van der Waals surface area (Å²) in [5.41, 5.74) is 7.82. The molecule has 3 nitrogen and oxygen atoms in total. The zero-order valence-corrected chi connectivity index (χ0v) is 12.3. The van der Waals surface area contributed by atoms with Gasteiger partial charge in [0.1, 0.15) is 13.2 Å². The summed E-state index contributed by atoms with van der Waals surface area (Å²) in [7, 11) is 0. The fraction of sp³-hybridized carbons (Fsp3) is 0.200. The van der Waals surface area contributed by atoms with Crippen molar-refractivity contribution in [3.63, 3.8) is 0 Å². The maximum Gasteiger partial charge on any atom is 0.179 e. The third-order valence-corrected chi connectivity index (χ3v) is 4.41. The maximum absolute atomic E-state index is 6.22. The molecule has 3 rings (SSSR count). The number of halogens is 1. The average Bonchev–Trinajstić information content (AvgIpc) is 2.46. The highest BCUT2D eigenvalue weighted by atomic mass is 35.5. The van der Waals surface area contributed by atoms with Crippen LogP contribution in [0.4, 0.5) is 5.69 Å². The van der Waals surface area contributed by atoms with Crippen LogP contribution in [0, 0.1) is 0 Å². The van der Waals surface area contributed by atoms with Gasteiger partial charge in [-0.05, 0) is 29.8 Å². The average molecular weight is 308 g/mol. The molecule has 0 bridgehead atoms. The van der Waals surface area contributed by atoms with Gasteiger partial charge in [0, 0.05) is 16.3 Å². The van der Waals surface area contributed by atoms with Crippen LogP contribution in [-0.4, -0.2) is 13.2 Å². The van der Waals surface area contributed by atoms with E-state index in [4.69, 9.17) is 26.8 Å². The largest absolute Gasteiger partial charge is 0.486 e. The number of benzene rings is 2. The topological polar surface area (TPSA) is 44.5 Å². The van der Waals surface area contributed by atoms with E-state index in [0.717, 1.165) is 27.6 Å². The number of hydrogen-bond acceptors (Lipinski definition) is 4. The Morgan fingerprint density at radius 2 is 1.95 bits per heavy atom.